The standard InChI is InChI=1S/C14H26N2O/c1-15-14(17)8-9-16-13-7-6-11-4-2-3-5-12(11)10-13/h11-13,16H,2-10H2,1H3,(H,15,17). The quantitative estimate of drug-likeness (QED) is 0.787. The first-order valence-electron chi connectivity index (χ1n) is 7.23. The Balaban J connectivity index is 1.67. The molecule has 0 heterocycles. The van der Waals surface area contributed by atoms with Crippen LogP contribution in [0, 0.1) is 11.8 Å². The Labute approximate surface area is 105 Å². The van der Waals surface area contributed by atoms with Gasteiger partial charge in [0.05, 0.1) is 0 Å². The summed E-state index contributed by atoms with van der Waals surface area (Å²) in [5.74, 6) is 2.12. The molecule has 3 unspecified atom stereocenters. The van der Waals surface area contributed by atoms with E-state index in [1.54, 1.807) is 7.05 Å². The Morgan fingerprint density at radius 2 is 1.88 bits per heavy atom. The minimum Gasteiger partial charge on any atom is -0.359 e. The first-order chi connectivity index (χ1) is 8.29. The SMILES string of the molecule is CNC(=O)CCNC1CCC2CCCCC2C1. The van der Waals surface area contributed by atoms with Gasteiger partial charge in [-0.05, 0) is 31.1 Å². The monoisotopic (exact) mass is 238 g/mol. The van der Waals surface area contributed by atoms with Crippen LogP contribution < -0.4 is 10.6 Å². The van der Waals surface area contributed by atoms with Crippen LogP contribution in [0.2, 0.25) is 0 Å². The van der Waals surface area contributed by atoms with Crippen molar-refractivity contribution >= 4 is 5.91 Å². The lowest BCUT2D eigenvalue weighted by atomic mass is 9.69. The van der Waals surface area contributed by atoms with Crippen molar-refractivity contribution in [3.63, 3.8) is 0 Å². The zero-order valence-corrected chi connectivity index (χ0v) is 11.0. The molecule has 2 saturated carbocycles. The second-order valence-corrected chi connectivity index (χ2v) is 5.69. The molecule has 0 aromatic rings. The van der Waals surface area contributed by atoms with Crippen molar-refractivity contribution in [2.45, 2.75) is 57.4 Å². The maximum atomic E-state index is 11.1. The van der Waals surface area contributed by atoms with E-state index in [2.05, 4.69) is 10.6 Å². The molecule has 0 aromatic carbocycles. The van der Waals surface area contributed by atoms with E-state index in [9.17, 15) is 4.79 Å². The molecular formula is C14H26N2O. The highest BCUT2D eigenvalue weighted by atomic mass is 16.1. The molecule has 2 rings (SSSR count). The Bertz CT molecular complexity index is 255. The minimum absolute atomic E-state index is 0.142. The predicted molar refractivity (Wildman–Crippen MR) is 69.8 cm³/mol. The molecule has 0 aliphatic heterocycles. The number of amides is 1. The van der Waals surface area contributed by atoms with Crippen LogP contribution in [0.25, 0.3) is 0 Å². The molecule has 0 saturated heterocycles. The summed E-state index contributed by atoms with van der Waals surface area (Å²) in [6.45, 7) is 0.835. The molecule has 2 N–H and O–H groups in total. The molecule has 3 atom stereocenters. The molecule has 0 radical (unpaired) electrons. The number of fused-ring (bicyclic) bond motifs is 1. The summed E-state index contributed by atoms with van der Waals surface area (Å²) in [4.78, 5) is 11.1. The van der Waals surface area contributed by atoms with Crippen molar-refractivity contribution in [3.05, 3.63) is 0 Å². The van der Waals surface area contributed by atoms with Crippen molar-refractivity contribution in [1.82, 2.24) is 10.6 Å². The van der Waals surface area contributed by atoms with Gasteiger partial charge in [-0.15, -0.1) is 0 Å². The van der Waals surface area contributed by atoms with Gasteiger partial charge in [-0.1, -0.05) is 25.7 Å². The summed E-state index contributed by atoms with van der Waals surface area (Å²) in [6.07, 6.45) is 10.5. The van der Waals surface area contributed by atoms with Gasteiger partial charge in [0.2, 0.25) is 5.91 Å². The Hall–Kier alpha value is -0.570. The maximum Gasteiger partial charge on any atom is 0.221 e. The van der Waals surface area contributed by atoms with Crippen LogP contribution in [0.5, 0.6) is 0 Å². The van der Waals surface area contributed by atoms with E-state index in [1.165, 1.54) is 44.9 Å². The molecule has 0 bridgehead atoms. The largest absolute Gasteiger partial charge is 0.359 e. The fourth-order valence-corrected chi connectivity index (χ4v) is 3.57. The van der Waals surface area contributed by atoms with Gasteiger partial charge in [-0.25, -0.2) is 0 Å². The summed E-state index contributed by atoms with van der Waals surface area (Å²) < 4.78 is 0. The maximum absolute atomic E-state index is 11.1. The van der Waals surface area contributed by atoms with Gasteiger partial charge < -0.3 is 10.6 Å². The molecule has 2 fully saturated rings. The van der Waals surface area contributed by atoms with Crippen LogP contribution in [-0.4, -0.2) is 25.5 Å². The number of carbonyl (C=O) groups is 1. The van der Waals surface area contributed by atoms with E-state index in [4.69, 9.17) is 0 Å². The van der Waals surface area contributed by atoms with Crippen molar-refractivity contribution in [1.29, 1.82) is 0 Å². The highest BCUT2D eigenvalue weighted by Gasteiger charge is 2.31. The third kappa shape index (κ3) is 3.70. The third-order valence-electron chi connectivity index (χ3n) is 4.60. The Kier molecular flexibility index (Phi) is 4.84. The van der Waals surface area contributed by atoms with Gasteiger partial charge in [-0.2, -0.15) is 0 Å². The van der Waals surface area contributed by atoms with E-state index in [1.807, 2.05) is 0 Å². The second kappa shape index (κ2) is 6.39. The fraction of sp³-hybridized carbons (Fsp3) is 0.929. The van der Waals surface area contributed by atoms with Crippen LogP contribution in [0.3, 0.4) is 0 Å². The molecule has 0 spiro atoms. The summed E-state index contributed by atoms with van der Waals surface area (Å²) in [6, 6.07) is 0.666. The highest BCUT2D eigenvalue weighted by molar-refractivity contribution is 5.75. The van der Waals surface area contributed by atoms with Gasteiger partial charge in [0, 0.05) is 26.1 Å². The Morgan fingerprint density at radius 1 is 1.12 bits per heavy atom. The average Bonchev–Trinajstić information content (AvgIpc) is 2.38. The third-order valence-corrected chi connectivity index (χ3v) is 4.60. The molecular weight excluding hydrogens is 212 g/mol. The van der Waals surface area contributed by atoms with Crippen LogP contribution in [-0.2, 0) is 4.79 Å². The van der Waals surface area contributed by atoms with Crippen molar-refractivity contribution in [2.24, 2.45) is 11.8 Å². The first-order valence-corrected chi connectivity index (χ1v) is 7.23. The van der Waals surface area contributed by atoms with Crippen LogP contribution in [0.1, 0.15) is 51.4 Å². The molecule has 2 aliphatic carbocycles. The van der Waals surface area contributed by atoms with Gasteiger partial charge >= 0.3 is 0 Å². The summed E-state index contributed by atoms with van der Waals surface area (Å²) in [7, 11) is 1.70. The zero-order chi connectivity index (χ0) is 12.1. The summed E-state index contributed by atoms with van der Waals surface area (Å²) in [5.41, 5.74) is 0. The molecule has 1 amide bonds. The van der Waals surface area contributed by atoms with E-state index >= 15 is 0 Å². The number of rotatable bonds is 4. The second-order valence-electron chi connectivity index (χ2n) is 5.69. The van der Waals surface area contributed by atoms with Crippen molar-refractivity contribution in [2.75, 3.05) is 13.6 Å². The van der Waals surface area contributed by atoms with Crippen LogP contribution >= 0.6 is 0 Å². The van der Waals surface area contributed by atoms with Crippen molar-refractivity contribution in [3.8, 4) is 0 Å². The lowest BCUT2D eigenvalue weighted by molar-refractivity contribution is -0.120. The summed E-state index contributed by atoms with van der Waals surface area (Å²) >= 11 is 0. The number of hydrogen-bond donors (Lipinski definition) is 2. The van der Waals surface area contributed by atoms with E-state index in [-0.39, 0.29) is 5.91 Å². The van der Waals surface area contributed by atoms with E-state index in [0.717, 1.165) is 18.4 Å². The average molecular weight is 238 g/mol. The van der Waals surface area contributed by atoms with Gasteiger partial charge in [0.25, 0.3) is 0 Å². The highest BCUT2D eigenvalue weighted by Crippen LogP contribution is 2.40. The Morgan fingerprint density at radius 3 is 2.65 bits per heavy atom. The van der Waals surface area contributed by atoms with Gasteiger partial charge in [-0.3, -0.25) is 4.79 Å². The van der Waals surface area contributed by atoms with Crippen molar-refractivity contribution < 1.29 is 4.79 Å². The number of nitrogens with one attached hydrogen (secondary N) is 2. The van der Waals surface area contributed by atoms with Crippen LogP contribution in [0.15, 0.2) is 0 Å². The molecule has 3 heteroatoms. The molecule has 17 heavy (non-hydrogen) atoms. The lowest BCUT2D eigenvalue weighted by Crippen LogP contribution is -2.40. The minimum atomic E-state index is 0.142. The smallest absolute Gasteiger partial charge is 0.221 e. The normalized spacial score (nSPS) is 32.9. The van der Waals surface area contributed by atoms with Gasteiger partial charge in [0.1, 0.15) is 0 Å². The molecule has 0 aromatic heterocycles. The fourth-order valence-electron chi connectivity index (χ4n) is 3.57. The molecule has 2 aliphatic rings. The van der Waals surface area contributed by atoms with Gasteiger partial charge in [0.15, 0.2) is 0 Å². The molecule has 98 valence electrons. The van der Waals surface area contributed by atoms with Crippen LogP contribution in [0.4, 0.5) is 0 Å². The first kappa shape index (κ1) is 12.9. The zero-order valence-electron chi connectivity index (χ0n) is 11.0. The topological polar surface area (TPSA) is 41.1 Å². The lowest BCUT2D eigenvalue weighted by Gasteiger charge is -2.39. The predicted octanol–water partition coefficient (Wildman–Crippen LogP) is 2.07. The van der Waals surface area contributed by atoms with E-state index in [0.29, 0.717) is 12.5 Å². The van der Waals surface area contributed by atoms with E-state index < -0.39 is 0 Å². The number of carbonyl (C=O) groups excluding carboxylic acids is 1. The summed E-state index contributed by atoms with van der Waals surface area (Å²) in [5, 5.41) is 6.23. The number of hydrogen-bond acceptors (Lipinski definition) is 2. The molecule has 3 nitrogen and oxygen atoms in total.